The van der Waals surface area contributed by atoms with Gasteiger partial charge in [-0.3, -0.25) is 0 Å². The molecule has 1 aliphatic carbocycles. The average Bonchev–Trinajstić information content (AvgIpc) is 2.50. The smallest absolute Gasteiger partial charge is 0.0524 e. The summed E-state index contributed by atoms with van der Waals surface area (Å²) in [4.78, 5) is 1.29. The van der Waals surface area contributed by atoms with Gasteiger partial charge in [0.2, 0.25) is 0 Å². The molecule has 2 atom stereocenters. The Hall–Kier alpha value is -0.340. The number of alkyl halides is 1. The fourth-order valence-corrected chi connectivity index (χ4v) is 3.14. The first-order chi connectivity index (χ1) is 6.65. The first kappa shape index (κ1) is 10.2. The zero-order valence-corrected chi connectivity index (χ0v) is 10.0. The number of hydrogen-bond donors (Lipinski definition) is 0. The highest BCUT2D eigenvalue weighted by Crippen LogP contribution is 2.34. The second-order valence-corrected chi connectivity index (χ2v) is 5.45. The fraction of sp³-hybridized carbons (Fsp3) is 0.545. The predicted octanol–water partition coefficient (Wildman–Crippen LogP) is 3.87. The molecular formula is C11H14ClNS. The van der Waals surface area contributed by atoms with Crippen LogP contribution in [0.3, 0.4) is 0 Å². The number of aromatic nitrogens is 1. The Labute approximate surface area is 94.0 Å². The molecule has 14 heavy (non-hydrogen) atoms. The van der Waals surface area contributed by atoms with Gasteiger partial charge < -0.3 is 0 Å². The summed E-state index contributed by atoms with van der Waals surface area (Å²) in [5.41, 5.74) is 2.49. The number of aryl methyl sites for hydroxylation is 1. The Kier molecular flexibility index (Phi) is 2.93. The van der Waals surface area contributed by atoms with Gasteiger partial charge in [0.1, 0.15) is 0 Å². The van der Waals surface area contributed by atoms with E-state index in [1.807, 2.05) is 6.92 Å². The molecule has 1 aromatic heterocycles. The molecule has 2 unspecified atom stereocenters. The maximum atomic E-state index is 6.17. The third-order valence-corrected chi connectivity index (χ3v) is 3.78. The van der Waals surface area contributed by atoms with Gasteiger partial charge in [-0.1, -0.05) is 13.0 Å². The number of allylic oxidation sites excluding steroid dienone is 2. The molecule has 1 nitrogen and oxygen atoms in total. The molecule has 0 aliphatic heterocycles. The van der Waals surface area contributed by atoms with E-state index in [2.05, 4.69) is 23.4 Å². The average molecular weight is 228 g/mol. The van der Waals surface area contributed by atoms with Crippen molar-refractivity contribution in [3.8, 4) is 0 Å². The molecule has 1 aromatic rings. The molecule has 0 saturated carbocycles. The molecule has 76 valence electrons. The Morgan fingerprint density at radius 2 is 2.36 bits per heavy atom. The van der Waals surface area contributed by atoms with Gasteiger partial charge in [-0.05, 0) is 48.9 Å². The van der Waals surface area contributed by atoms with Gasteiger partial charge in [0, 0.05) is 0 Å². The molecule has 0 fully saturated rings. The van der Waals surface area contributed by atoms with Crippen molar-refractivity contribution in [2.75, 3.05) is 0 Å². The van der Waals surface area contributed by atoms with Gasteiger partial charge >= 0.3 is 0 Å². The van der Waals surface area contributed by atoms with Crippen LogP contribution in [-0.2, 0) is 0 Å². The molecule has 0 amide bonds. The number of rotatable bonds is 1. The SMILES string of the molecule is Cc1cc(C2=CC(Cl)CC(C)C2)sn1. The molecule has 0 radical (unpaired) electrons. The predicted molar refractivity (Wildman–Crippen MR) is 62.9 cm³/mol. The zero-order chi connectivity index (χ0) is 10.1. The van der Waals surface area contributed by atoms with Crippen molar-refractivity contribution in [2.24, 2.45) is 5.92 Å². The van der Waals surface area contributed by atoms with Gasteiger partial charge in [-0.25, -0.2) is 0 Å². The molecule has 0 N–H and O–H groups in total. The monoisotopic (exact) mass is 227 g/mol. The zero-order valence-electron chi connectivity index (χ0n) is 8.46. The second-order valence-electron chi connectivity index (χ2n) is 4.09. The minimum Gasteiger partial charge on any atom is -0.197 e. The molecule has 2 rings (SSSR count). The highest BCUT2D eigenvalue weighted by atomic mass is 35.5. The number of halogens is 1. The van der Waals surface area contributed by atoms with Gasteiger partial charge in [-0.2, -0.15) is 4.37 Å². The van der Waals surface area contributed by atoms with Crippen molar-refractivity contribution in [1.82, 2.24) is 4.37 Å². The van der Waals surface area contributed by atoms with E-state index in [0.717, 1.165) is 18.5 Å². The molecule has 0 bridgehead atoms. The Bertz CT molecular complexity index is 356. The van der Waals surface area contributed by atoms with Gasteiger partial charge in [0.25, 0.3) is 0 Å². The summed E-state index contributed by atoms with van der Waals surface area (Å²) in [6.45, 7) is 4.29. The Balaban J connectivity index is 2.25. The lowest BCUT2D eigenvalue weighted by molar-refractivity contribution is 0.540. The normalized spacial score (nSPS) is 27.5. The summed E-state index contributed by atoms with van der Waals surface area (Å²) >= 11 is 7.75. The van der Waals surface area contributed by atoms with Crippen molar-refractivity contribution in [1.29, 1.82) is 0 Å². The standard InChI is InChI=1S/C11H14ClNS/c1-7-3-9(6-10(12)4-7)11-5-8(2)13-14-11/h5-7,10H,3-4H2,1-2H3. The van der Waals surface area contributed by atoms with Crippen LogP contribution >= 0.6 is 23.1 Å². The molecular weight excluding hydrogens is 214 g/mol. The van der Waals surface area contributed by atoms with Crippen LogP contribution in [-0.4, -0.2) is 9.75 Å². The van der Waals surface area contributed by atoms with E-state index < -0.39 is 0 Å². The van der Waals surface area contributed by atoms with E-state index >= 15 is 0 Å². The summed E-state index contributed by atoms with van der Waals surface area (Å²) in [7, 11) is 0. The Morgan fingerprint density at radius 1 is 1.57 bits per heavy atom. The highest BCUT2D eigenvalue weighted by Gasteiger charge is 2.19. The van der Waals surface area contributed by atoms with E-state index in [0.29, 0.717) is 5.92 Å². The topological polar surface area (TPSA) is 12.9 Å². The van der Waals surface area contributed by atoms with Crippen LogP contribution in [0.2, 0.25) is 0 Å². The maximum Gasteiger partial charge on any atom is 0.0524 e. The second kappa shape index (κ2) is 4.03. The van der Waals surface area contributed by atoms with E-state index in [-0.39, 0.29) is 5.38 Å². The Morgan fingerprint density at radius 3 is 2.93 bits per heavy atom. The molecule has 0 spiro atoms. The highest BCUT2D eigenvalue weighted by molar-refractivity contribution is 7.07. The molecule has 3 heteroatoms. The van der Waals surface area contributed by atoms with Crippen molar-refractivity contribution >= 4 is 28.7 Å². The molecule has 1 heterocycles. The summed E-state index contributed by atoms with van der Waals surface area (Å²) in [6.07, 6.45) is 4.43. The first-order valence-electron chi connectivity index (χ1n) is 4.93. The van der Waals surface area contributed by atoms with Crippen molar-refractivity contribution < 1.29 is 0 Å². The summed E-state index contributed by atoms with van der Waals surface area (Å²) in [5.74, 6) is 0.694. The number of nitrogens with zero attached hydrogens (tertiary/aromatic N) is 1. The summed E-state index contributed by atoms with van der Waals surface area (Å²) in [5, 5.41) is 0.205. The van der Waals surface area contributed by atoms with Crippen LogP contribution in [0, 0.1) is 12.8 Å². The number of hydrogen-bond acceptors (Lipinski definition) is 2. The lowest BCUT2D eigenvalue weighted by atomic mass is 9.89. The van der Waals surface area contributed by atoms with Gasteiger partial charge in [0.15, 0.2) is 0 Å². The molecule has 1 aliphatic rings. The third-order valence-electron chi connectivity index (χ3n) is 2.52. The third kappa shape index (κ3) is 2.18. The van der Waals surface area contributed by atoms with Crippen LogP contribution in [0.4, 0.5) is 0 Å². The van der Waals surface area contributed by atoms with Gasteiger partial charge in [-0.15, -0.1) is 11.6 Å². The van der Waals surface area contributed by atoms with Crippen molar-refractivity contribution in [3.05, 3.63) is 22.7 Å². The molecule has 0 saturated heterocycles. The first-order valence-corrected chi connectivity index (χ1v) is 6.14. The van der Waals surface area contributed by atoms with Crippen LogP contribution in [0.5, 0.6) is 0 Å². The van der Waals surface area contributed by atoms with E-state index in [1.54, 1.807) is 11.5 Å². The van der Waals surface area contributed by atoms with E-state index in [4.69, 9.17) is 11.6 Å². The quantitative estimate of drug-likeness (QED) is 0.664. The molecule has 0 aromatic carbocycles. The van der Waals surface area contributed by atoms with Crippen LogP contribution in [0.1, 0.15) is 30.3 Å². The lowest BCUT2D eigenvalue weighted by Gasteiger charge is -2.21. The minimum atomic E-state index is 0.205. The van der Waals surface area contributed by atoms with Crippen molar-refractivity contribution in [2.45, 2.75) is 32.1 Å². The fourth-order valence-electron chi connectivity index (χ4n) is 1.90. The van der Waals surface area contributed by atoms with Crippen LogP contribution < -0.4 is 0 Å². The van der Waals surface area contributed by atoms with E-state index in [1.165, 1.54) is 10.5 Å². The summed E-state index contributed by atoms with van der Waals surface area (Å²) in [6, 6.07) is 2.15. The maximum absolute atomic E-state index is 6.17. The van der Waals surface area contributed by atoms with Gasteiger partial charge in [0.05, 0.1) is 15.9 Å². The lowest BCUT2D eigenvalue weighted by Crippen LogP contribution is -2.10. The largest absolute Gasteiger partial charge is 0.197 e. The van der Waals surface area contributed by atoms with Crippen molar-refractivity contribution in [3.63, 3.8) is 0 Å². The van der Waals surface area contributed by atoms with Crippen LogP contribution in [0.15, 0.2) is 12.1 Å². The van der Waals surface area contributed by atoms with E-state index in [9.17, 15) is 0 Å². The minimum absolute atomic E-state index is 0.205. The summed E-state index contributed by atoms with van der Waals surface area (Å²) < 4.78 is 4.30. The van der Waals surface area contributed by atoms with Crippen LogP contribution in [0.25, 0.3) is 5.57 Å².